The minimum atomic E-state index is -4.62. The van der Waals surface area contributed by atoms with Gasteiger partial charge in [-0.3, -0.25) is 9.69 Å². The van der Waals surface area contributed by atoms with Gasteiger partial charge in [0.2, 0.25) is 5.95 Å². The van der Waals surface area contributed by atoms with Gasteiger partial charge in [0, 0.05) is 43.3 Å². The molecule has 0 saturated carbocycles. The van der Waals surface area contributed by atoms with E-state index in [1.807, 2.05) is 25.1 Å². The van der Waals surface area contributed by atoms with E-state index in [0.717, 1.165) is 65.7 Å². The Labute approximate surface area is 259 Å². The van der Waals surface area contributed by atoms with Crippen molar-refractivity contribution in [2.75, 3.05) is 55.8 Å². The van der Waals surface area contributed by atoms with Gasteiger partial charge in [-0.1, -0.05) is 12.1 Å². The number of aromatic nitrogens is 2. The van der Waals surface area contributed by atoms with Crippen molar-refractivity contribution in [3.8, 4) is 11.1 Å². The molecule has 1 aromatic heterocycles. The Morgan fingerprint density at radius 1 is 0.956 bits per heavy atom. The predicted molar refractivity (Wildman–Crippen MR) is 169 cm³/mol. The molecule has 0 atom stereocenters. The number of fused-ring (bicyclic) bond motifs is 1. The summed E-state index contributed by atoms with van der Waals surface area (Å²) in [6.07, 6.45) is -0.780. The normalized spacial score (nSPS) is 16.4. The molecule has 3 amide bonds. The van der Waals surface area contributed by atoms with E-state index in [-0.39, 0.29) is 23.0 Å². The summed E-state index contributed by atoms with van der Waals surface area (Å²) in [5.41, 5.74) is 2.80. The molecule has 234 valence electrons. The van der Waals surface area contributed by atoms with Gasteiger partial charge in [0.25, 0.3) is 5.91 Å². The highest BCUT2D eigenvalue weighted by molar-refractivity contribution is 6.08. The second-order valence-electron chi connectivity index (χ2n) is 11.8. The Hall–Kier alpha value is -4.71. The van der Waals surface area contributed by atoms with Crippen molar-refractivity contribution >= 4 is 40.2 Å². The summed E-state index contributed by atoms with van der Waals surface area (Å²) < 4.78 is 40.8. The number of hydrogen-bond donors (Lipinski definition) is 2. The van der Waals surface area contributed by atoms with Crippen LogP contribution in [0.4, 0.5) is 35.3 Å². The Morgan fingerprint density at radius 2 is 1.73 bits per heavy atom. The Kier molecular flexibility index (Phi) is 8.08. The summed E-state index contributed by atoms with van der Waals surface area (Å²) in [4.78, 5) is 40.5. The predicted octanol–water partition coefficient (Wildman–Crippen LogP) is 6.25. The number of halogens is 3. The van der Waals surface area contributed by atoms with Crippen molar-refractivity contribution in [2.45, 2.75) is 32.0 Å². The fourth-order valence-corrected chi connectivity index (χ4v) is 5.79. The van der Waals surface area contributed by atoms with Crippen LogP contribution in [-0.4, -0.2) is 78.0 Å². The van der Waals surface area contributed by atoms with E-state index in [1.54, 1.807) is 31.4 Å². The first-order valence-corrected chi connectivity index (χ1v) is 14.8. The molecule has 12 heteroatoms. The molecule has 0 unspecified atom stereocenters. The second kappa shape index (κ2) is 12.0. The lowest BCUT2D eigenvalue weighted by Crippen LogP contribution is -2.37. The van der Waals surface area contributed by atoms with E-state index in [4.69, 9.17) is 4.98 Å². The number of aryl methyl sites for hydroxylation is 1. The van der Waals surface area contributed by atoms with Crippen molar-refractivity contribution in [1.29, 1.82) is 0 Å². The van der Waals surface area contributed by atoms with Crippen LogP contribution in [0.25, 0.3) is 22.0 Å². The van der Waals surface area contributed by atoms with Crippen LogP contribution < -0.4 is 15.5 Å². The van der Waals surface area contributed by atoms with E-state index >= 15 is 0 Å². The molecule has 9 nitrogen and oxygen atoms in total. The highest BCUT2D eigenvalue weighted by Gasteiger charge is 2.34. The second-order valence-corrected chi connectivity index (χ2v) is 11.8. The van der Waals surface area contributed by atoms with Crippen LogP contribution in [-0.2, 0) is 6.18 Å². The van der Waals surface area contributed by atoms with Gasteiger partial charge in [0.05, 0.1) is 22.5 Å². The minimum Gasteiger partial charge on any atom is -0.351 e. The first-order chi connectivity index (χ1) is 21.5. The molecular formula is C33H34F3N7O2. The van der Waals surface area contributed by atoms with Crippen LogP contribution in [0.2, 0.25) is 0 Å². The smallest absolute Gasteiger partial charge is 0.351 e. The molecule has 2 fully saturated rings. The number of carbonyl (C=O) groups is 2. The topological polar surface area (TPSA) is 93.7 Å². The number of piperidine rings is 1. The van der Waals surface area contributed by atoms with Crippen LogP contribution in [0.1, 0.15) is 34.3 Å². The molecule has 2 N–H and O–H groups in total. The molecule has 2 aliphatic heterocycles. The van der Waals surface area contributed by atoms with E-state index in [0.29, 0.717) is 25.1 Å². The first kappa shape index (κ1) is 30.3. The summed E-state index contributed by atoms with van der Waals surface area (Å²) in [6, 6.07) is 13.9. The summed E-state index contributed by atoms with van der Waals surface area (Å²) in [7, 11) is 3.73. The standard InChI is InChI=1S/C33H34F3N7O2/c1-20-4-5-22(30(44)39-28-18-24(33(34,35)36)7-9-29(28)43-15-14-42(3)32(43)45)17-26(20)21-6-8-27-23(16-21)19-37-31(40-27)38-25-10-12-41(2)13-11-25/h4-9,16-19,25H,10-15H2,1-3H3,(H,39,44)(H,37,38,40). The molecule has 45 heavy (non-hydrogen) atoms. The van der Waals surface area contributed by atoms with Gasteiger partial charge in [-0.15, -0.1) is 0 Å². The zero-order chi connectivity index (χ0) is 31.9. The summed E-state index contributed by atoms with van der Waals surface area (Å²) in [6.45, 7) is 4.69. The number of carbonyl (C=O) groups excluding carboxylic acids is 2. The third-order valence-electron chi connectivity index (χ3n) is 8.52. The Bertz CT molecular complexity index is 1770. The lowest BCUT2D eigenvalue weighted by molar-refractivity contribution is -0.137. The monoisotopic (exact) mass is 617 g/mol. The van der Waals surface area contributed by atoms with Gasteiger partial charge in [-0.05, 0) is 99.1 Å². The maximum absolute atomic E-state index is 13.6. The van der Waals surface area contributed by atoms with E-state index in [2.05, 4.69) is 27.6 Å². The molecule has 6 rings (SSSR count). The van der Waals surface area contributed by atoms with E-state index in [1.165, 1.54) is 15.9 Å². The molecule has 3 heterocycles. The number of anilines is 3. The molecule has 0 aliphatic carbocycles. The Morgan fingerprint density at radius 3 is 2.44 bits per heavy atom. The molecular weight excluding hydrogens is 583 g/mol. The van der Waals surface area contributed by atoms with Crippen molar-refractivity contribution in [3.63, 3.8) is 0 Å². The van der Waals surface area contributed by atoms with Gasteiger partial charge in [0.15, 0.2) is 0 Å². The maximum atomic E-state index is 13.6. The summed E-state index contributed by atoms with van der Waals surface area (Å²) in [5.74, 6) is 0.00135. The minimum absolute atomic E-state index is 0.0897. The Balaban J connectivity index is 1.26. The zero-order valence-corrected chi connectivity index (χ0v) is 25.3. The molecule has 0 radical (unpaired) electrons. The number of likely N-dealkylation sites (tertiary alicyclic amines) is 1. The molecule has 0 bridgehead atoms. The van der Waals surface area contributed by atoms with E-state index in [9.17, 15) is 22.8 Å². The van der Waals surface area contributed by atoms with Crippen molar-refractivity contribution in [1.82, 2.24) is 19.8 Å². The highest BCUT2D eigenvalue weighted by atomic mass is 19.4. The maximum Gasteiger partial charge on any atom is 0.416 e. The van der Waals surface area contributed by atoms with Crippen LogP contribution in [0.15, 0.2) is 60.8 Å². The van der Waals surface area contributed by atoms with Crippen molar-refractivity contribution in [2.24, 2.45) is 0 Å². The third kappa shape index (κ3) is 6.41. The summed E-state index contributed by atoms with van der Waals surface area (Å²) in [5, 5.41) is 6.92. The van der Waals surface area contributed by atoms with Crippen LogP contribution in [0.3, 0.4) is 0 Å². The molecule has 3 aromatic carbocycles. The van der Waals surface area contributed by atoms with E-state index < -0.39 is 17.6 Å². The van der Waals surface area contributed by atoms with Gasteiger partial charge in [-0.25, -0.2) is 14.8 Å². The third-order valence-corrected chi connectivity index (χ3v) is 8.52. The van der Waals surface area contributed by atoms with Gasteiger partial charge < -0.3 is 20.4 Å². The number of amides is 3. The summed E-state index contributed by atoms with van der Waals surface area (Å²) >= 11 is 0. The number of rotatable bonds is 6. The molecule has 4 aromatic rings. The number of urea groups is 1. The molecule has 0 spiro atoms. The zero-order valence-electron chi connectivity index (χ0n) is 25.3. The molecule has 2 saturated heterocycles. The van der Waals surface area contributed by atoms with Gasteiger partial charge >= 0.3 is 12.2 Å². The van der Waals surface area contributed by atoms with Gasteiger partial charge in [-0.2, -0.15) is 13.2 Å². The quantitative estimate of drug-likeness (QED) is 0.266. The number of alkyl halides is 3. The van der Waals surface area contributed by atoms with Crippen LogP contribution in [0, 0.1) is 6.92 Å². The largest absolute Gasteiger partial charge is 0.416 e. The lowest BCUT2D eigenvalue weighted by atomic mass is 9.97. The molecule has 2 aliphatic rings. The van der Waals surface area contributed by atoms with Crippen LogP contribution in [0.5, 0.6) is 0 Å². The lowest BCUT2D eigenvalue weighted by Gasteiger charge is -2.29. The SMILES string of the molecule is Cc1ccc(C(=O)Nc2cc(C(F)(F)F)ccc2N2CCN(C)C2=O)cc1-c1ccc2nc(NC3CCN(C)CC3)ncc2c1. The highest BCUT2D eigenvalue weighted by Crippen LogP contribution is 2.37. The van der Waals surface area contributed by atoms with Crippen LogP contribution >= 0.6 is 0 Å². The first-order valence-electron chi connectivity index (χ1n) is 14.8. The van der Waals surface area contributed by atoms with Crippen molar-refractivity contribution < 1.29 is 22.8 Å². The van der Waals surface area contributed by atoms with Crippen molar-refractivity contribution in [3.05, 3.63) is 77.5 Å². The fourth-order valence-electron chi connectivity index (χ4n) is 5.79. The average molecular weight is 618 g/mol. The van der Waals surface area contributed by atoms with Gasteiger partial charge in [0.1, 0.15) is 0 Å². The number of likely N-dealkylation sites (N-methyl/N-ethyl adjacent to an activating group) is 1. The fraction of sp³-hybridized carbons (Fsp3) is 0.333. The number of nitrogens with zero attached hydrogens (tertiary/aromatic N) is 5. The number of nitrogens with one attached hydrogen (secondary N) is 2. The number of hydrogen-bond acceptors (Lipinski definition) is 6. The number of benzene rings is 3. The average Bonchev–Trinajstić information content (AvgIpc) is 3.35.